The Morgan fingerprint density at radius 1 is 1.14 bits per heavy atom. The molecule has 118 valence electrons. The maximum Gasteiger partial charge on any atom is 0.238 e. The summed E-state index contributed by atoms with van der Waals surface area (Å²) < 4.78 is 24.0. The number of benzene rings is 1. The number of carbonyl (C=O) groups is 1. The van der Waals surface area contributed by atoms with Gasteiger partial charge in [-0.3, -0.25) is 4.79 Å². The number of hydrogen-bond acceptors (Lipinski definition) is 3. The summed E-state index contributed by atoms with van der Waals surface area (Å²) >= 11 is 0. The van der Waals surface area contributed by atoms with Gasteiger partial charge in [0, 0.05) is 12.5 Å². The summed E-state index contributed by atoms with van der Waals surface area (Å²) in [5, 5.41) is 1.22. The molecule has 0 bridgehead atoms. The Hall–Kier alpha value is -1.36. The molecule has 0 fully saturated rings. The lowest BCUT2D eigenvalue weighted by Gasteiger charge is -2.19. The normalized spacial score (nSPS) is 14.7. The van der Waals surface area contributed by atoms with Crippen LogP contribution in [0.3, 0.4) is 0 Å². The molecular weight excluding hydrogens is 286 g/mol. The molecular formula is C16H25NO3S. The van der Waals surface area contributed by atoms with E-state index in [9.17, 15) is 13.2 Å². The van der Waals surface area contributed by atoms with Gasteiger partial charge in [0.2, 0.25) is 5.91 Å². The van der Waals surface area contributed by atoms with Gasteiger partial charge in [-0.1, -0.05) is 37.3 Å². The highest BCUT2D eigenvalue weighted by Gasteiger charge is 2.30. The summed E-state index contributed by atoms with van der Waals surface area (Å²) in [7, 11) is -3.41. The van der Waals surface area contributed by atoms with E-state index in [-0.39, 0.29) is 5.92 Å². The molecule has 0 saturated heterocycles. The van der Waals surface area contributed by atoms with E-state index in [2.05, 4.69) is 12.2 Å². The van der Waals surface area contributed by atoms with E-state index in [0.29, 0.717) is 6.54 Å². The Labute approximate surface area is 127 Å². The predicted octanol–water partition coefficient (Wildman–Crippen LogP) is 2.51. The standard InChI is InChI=1S/C16H25NO3S/c1-5-14(15-9-7-6-8-10-15)11-17-16(18)13(4)21(19,20)12(2)3/h6-10,12-14H,5,11H2,1-4H3,(H,17,18)/t13-,14+/m0/s1. The lowest BCUT2D eigenvalue weighted by Crippen LogP contribution is -2.42. The summed E-state index contributed by atoms with van der Waals surface area (Å²) in [5.41, 5.74) is 1.15. The number of rotatable bonds is 7. The lowest BCUT2D eigenvalue weighted by molar-refractivity contribution is -0.120. The van der Waals surface area contributed by atoms with Gasteiger partial charge in [-0.05, 0) is 32.8 Å². The van der Waals surface area contributed by atoms with Gasteiger partial charge in [-0.25, -0.2) is 8.42 Å². The highest BCUT2D eigenvalue weighted by atomic mass is 32.2. The maximum atomic E-state index is 12.1. The summed E-state index contributed by atoms with van der Waals surface area (Å²) in [6.07, 6.45) is 0.885. The Balaban J connectivity index is 2.68. The van der Waals surface area contributed by atoms with E-state index in [1.807, 2.05) is 30.3 Å². The van der Waals surface area contributed by atoms with E-state index < -0.39 is 26.2 Å². The second kappa shape index (κ2) is 7.59. The van der Waals surface area contributed by atoms with Crippen molar-refractivity contribution in [2.24, 2.45) is 0 Å². The molecule has 0 aliphatic heterocycles. The minimum Gasteiger partial charge on any atom is -0.354 e. The molecule has 0 aliphatic carbocycles. The Kier molecular flexibility index (Phi) is 6.40. The van der Waals surface area contributed by atoms with E-state index in [0.717, 1.165) is 12.0 Å². The highest BCUT2D eigenvalue weighted by Crippen LogP contribution is 2.18. The quantitative estimate of drug-likeness (QED) is 0.841. The van der Waals surface area contributed by atoms with Crippen LogP contribution in [0.15, 0.2) is 30.3 Å². The van der Waals surface area contributed by atoms with E-state index in [1.165, 1.54) is 6.92 Å². The largest absolute Gasteiger partial charge is 0.354 e. The molecule has 1 N–H and O–H groups in total. The van der Waals surface area contributed by atoms with Crippen molar-refractivity contribution in [1.82, 2.24) is 5.32 Å². The fourth-order valence-corrected chi connectivity index (χ4v) is 3.35. The van der Waals surface area contributed by atoms with Crippen molar-refractivity contribution in [1.29, 1.82) is 0 Å². The zero-order valence-electron chi connectivity index (χ0n) is 13.2. The molecule has 0 saturated carbocycles. The van der Waals surface area contributed by atoms with Crippen molar-refractivity contribution < 1.29 is 13.2 Å². The first-order chi connectivity index (χ1) is 9.80. The number of carbonyl (C=O) groups excluding carboxylic acids is 1. The highest BCUT2D eigenvalue weighted by molar-refractivity contribution is 7.93. The van der Waals surface area contributed by atoms with Crippen molar-refractivity contribution in [2.45, 2.75) is 50.5 Å². The Morgan fingerprint density at radius 3 is 2.19 bits per heavy atom. The minimum atomic E-state index is -3.41. The van der Waals surface area contributed by atoms with Crippen LogP contribution in [0.25, 0.3) is 0 Å². The average molecular weight is 311 g/mol. The minimum absolute atomic E-state index is 0.198. The summed E-state index contributed by atoms with van der Waals surface area (Å²) in [6, 6.07) is 9.92. The Bertz CT molecular complexity index is 552. The number of sulfone groups is 1. The van der Waals surface area contributed by atoms with Crippen LogP contribution in [0.1, 0.15) is 45.6 Å². The first-order valence-corrected chi connectivity index (χ1v) is 8.97. The van der Waals surface area contributed by atoms with Gasteiger partial charge in [0.1, 0.15) is 5.25 Å². The molecule has 0 aliphatic rings. The lowest BCUT2D eigenvalue weighted by atomic mass is 9.96. The van der Waals surface area contributed by atoms with Crippen molar-refractivity contribution >= 4 is 15.7 Å². The van der Waals surface area contributed by atoms with Crippen LogP contribution >= 0.6 is 0 Å². The van der Waals surface area contributed by atoms with Gasteiger partial charge in [0.05, 0.1) is 5.25 Å². The van der Waals surface area contributed by atoms with Gasteiger partial charge in [-0.2, -0.15) is 0 Å². The van der Waals surface area contributed by atoms with Crippen LogP contribution in [0, 0.1) is 0 Å². The molecule has 1 aromatic carbocycles. The van der Waals surface area contributed by atoms with Gasteiger partial charge in [0.15, 0.2) is 9.84 Å². The van der Waals surface area contributed by atoms with Crippen LogP contribution < -0.4 is 5.32 Å². The van der Waals surface area contributed by atoms with E-state index in [1.54, 1.807) is 13.8 Å². The third-order valence-corrected chi connectivity index (χ3v) is 6.32. The fraction of sp³-hybridized carbons (Fsp3) is 0.562. The van der Waals surface area contributed by atoms with Crippen LogP contribution in [0.2, 0.25) is 0 Å². The zero-order valence-corrected chi connectivity index (χ0v) is 14.0. The van der Waals surface area contributed by atoms with Crippen LogP contribution in [-0.2, 0) is 14.6 Å². The molecule has 0 unspecified atom stereocenters. The topological polar surface area (TPSA) is 63.2 Å². The Morgan fingerprint density at radius 2 is 1.71 bits per heavy atom. The SMILES string of the molecule is CC[C@H](CNC(=O)[C@H](C)S(=O)(=O)C(C)C)c1ccccc1. The molecule has 1 rings (SSSR count). The van der Waals surface area contributed by atoms with Gasteiger partial charge < -0.3 is 5.32 Å². The van der Waals surface area contributed by atoms with Crippen LogP contribution in [0.4, 0.5) is 0 Å². The van der Waals surface area contributed by atoms with E-state index >= 15 is 0 Å². The monoisotopic (exact) mass is 311 g/mol. The predicted molar refractivity (Wildman–Crippen MR) is 86.0 cm³/mol. The van der Waals surface area contributed by atoms with Crippen molar-refractivity contribution in [3.05, 3.63) is 35.9 Å². The van der Waals surface area contributed by atoms with Gasteiger partial charge in [-0.15, -0.1) is 0 Å². The molecule has 0 aromatic heterocycles. The third-order valence-electron chi connectivity index (χ3n) is 3.81. The molecule has 1 amide bonds. The van der Waals surface area contributed by atoms with Gasteiger partial charge in [0.25, 0.3) is 0 Å². The summed E-state index contributed by atoms with van der Waals surface area (Å²) in [6.45, 7) is 7.15. The number of nitrogens with one attached hydrogen (secondary N) is 1. The first-order valence-electron chi connectivity index (χ1n) is 7.36. The molecule has 0 heterocycles. The van der Waals surface area contributed by atoms with Gasteiger partial charge >= 0.3 is 0 Å². The second-order valence-corrected chi connectivity index (χ2v) is 8.37. The molecule has 21 heavy (non-hydrogen) atoms. The summed E-state index contributed by atoms with van der Waals surface area (Å²) in [4.78, 5) is 12.1. The molecule has 4 nitrogen and oxygen atoms in total. The van der Waals surface area contributed by atoms with Crippen LogP contribution in [0.5, 0.6) is 0 Å². The molecule has 5 heteroatoms. The molecule has 0 spiro atoms. The maximum absolute atomic E-state index is 12.1. The van der Waals surface area contributed by atoms with E-state index in [4.69, 9.17) is 0 Å². The number of amides is 1. The molecule has 0 radical (unpaired) electrons. The van der Waals surface area contributed by atoms with Crippen molar-refractivity contribution in [3.63, 3.8) is 0 Å². The van der Waals surface area contributed by atoms with Crippen molar-refractivity contribution in [3.8, 4) is 0 Å². The number of hydrogen-bond donors (Lipinski definition) is 1. The first kappa shape index (κ1) is 17.7. The van der Waals surface area contributed by atoms with Crippen LogP contribution in [-0.4, -0.2) is 31.4 Å². The second-order valence-electron chi connectivity index (χ2n) is 5.54. The smallest absolute Gasteiger partial charge is 0.238 e. The fourth-order valence-electron chi connectivity index (χ4n) is 2.15. The average Bonchev–Trinajstić information content (AvgIpc) is 2.47. The molecule has 2 atom stereocenters. The summed E-state index contributed by atoms with van der Waals surface area (Å²) in [5.74, 6) is -0.220. The third kappa shape index (κ3) is 4.56. The van der Waals surface area contributed by atoms with Crippen molar-refractivity contribution in [2.75, 3.05) is 6.54 Å². The molecule has 1 aromatic rings. The zero-order chi connectivity index (χ0) is 16.0.